The van der Waals surface area contributed by atoms with E-state index >= 15 is 0 Å². The van der Waals surface area contributed by atoms with Crippen molar-refractivity contribution in [2.24, 2.45) is 0 Å². The lowest BCUT2D eigenvalue weighted by molar-refractivity contribution is 0.669. The van der Waals surface area contributed by atoms with E-state index in [9.17, 15) is 0 Å². The summed E-state index contributed by atoms with van der Waals surface area (Å²) in [4.78, 5) is 8.96. The highest BCUT2D eigenvalue weighted by atomic mass is 28.3. The molecule has 3 heterocycles. The molecule has 0 bridgehead atoms. The number of aromatic nitrogens is 2. The molecular weight excluding hydrogens is 312 g/mol. The minimum Gasteiger partial charge on any atom is -0.454 e. The Kier molecular flexibility index (Phi) is 2.63. The highest BCUT2D eigenvalue weighted by Crippen LogP contribution is 2.34. The second kappa shape index (κ2) is 5.28. The number of benzene rings is 1. The highest BCUT2D eigenvalue weighted by Gasteiger charge is 2.25. The summed E-state index contributed by atoms with van der Waals surface area (Å²) in [6.07, 6.45) is 3.20. The van der Waals surface area contributed by atoms with Crippen molar-refractivity contribution in [2.45, 2.75) is 26.5 Å². The van der Waals surface area contributed by atoms with Gasteiger partial charge in [0.25, 0.3) is 0 Å². The zero-order chi connectivity index (χ0) is 19.4. The first-order valence-electron chi connectivity index (χ1n) is 9.44. The summed E-state index contributed by atoms with van der Waals surface area (Å²) in [6, 6.07) is 11.3. The smallest absolute Gasteiger partial charge is 0.153 e. The molecule has 3 aromatic heterocycles. The summed E-state index contributed by atoms with van der Waals surface area (Å²) in [6.45, 7) is 4.73. The first kappa shape index (κ1) is 12.0. The van der Waals surface area contributed by atoms with Gasteiger partial charge in [0.1, 0.15) is 11.1 Å². The van der Waals surface area contributed by atoms with Gasteiger partial charge in [-0.3, -0.25) is 9.97 Å². The molecule has 4 aromatic rings. The number of rotatable bonds is 2. The molecule has 0 saturated carbocycles. The molecule has 120 valence electrons. The van der Waals surface area contributed by atoms with Crippen molar-refractivity contribution in [3.05, 3.63) is 54.4 Å². The van der Waals surface area contributed by atoms with Crippen LogP contribution in [0.5, 0.6) is 0 Å². The van der Waals surface area contributed by atoms with E-state index in [-0.39, 0.29) is 5.56 Å². The topological polar surface area (TPSA) is 38.9 Å². The maximum absolute atomic E-state index is 7.52. The molecule has 0 fully saturated rings. The van der Waals surface area contributed by atoms with Crippen molar-refractivity contribution in [3.63, 3.8) is 0 Å². The quantitative estimate of drug-likeness (QED) is 0.489. The molecule has 24 heavy (non-hydrogen) atoms. The maximum atomic E-state index is 7.52. The molecule has 0 spiro atoms. The van der Waals surface area contributed by atoms with E-state index in [1.807, 2.05) is 18.2 Å². The average molecular weight is 335 g/mol. The Morgan fingerprint density at radius 2 is 1.92 bits per heavy atom. The Morgan fingerprint density at radius 3 is 2.62 bits per heavy atom. The molecule has 0 aliphatic rings. The van der Waals surface area contributed by atoms with E-state index in [1.165, 1.54) is 11.4 Å². The Hall–Kier alpha value is -2.46. The summed E-state index contributed by atoms with van der Waals surface area (Å²) >= 11 is 0. The lowest BCUT2D eigenvalue weighted by Gasteiger charge is -2.18. The first-order chi connectivity index (χ1) is 12.7. The molecule has 4 heteroatoms. The van der Waals surface area contributed by atoms with Crippen molar-refractivity contribution in [2.75, 3.05) is 0 Å². The van der Waals surface area contributed by atoms with Crippen LogP contribution in [-0.2, 0) is 0 Å². The van der Waals surface area contributed by atoms with Crippen LogP contribution in [0.25, 0.3) is 33.3 Å². The van der Waals surface area contributed by atoms with Gasteiger partial charge in [0.2, 0.25) is 0 Å². The van der Waals surface area contributed by atoms with Crippen molar-refractivity contribution in [3.8, 4) is 11.3 Å². The third-order valence-electron chi connectivity index (χ3n) is 4.22. The number of nitrogens with zero attached hydrogens (tertiary/aromatic N) is 2. The molecule has 0 atom stereocenters. The number of pyridine rings is 2. The SMILES string of the molecule is [2H]C([2H])([2H])c1ccc(-c2ccc([Si](C)(C)C)c3c2oc2cccnc23)nc1. The Bertz CT molecular complexity index is 1140. The highest BCUT2D eigenvalue weighted by molar-refractivity contribution is 6.90. The van der Waals surface area contributed by atoms with E-state index in [0.29, 0.717) is 5.69 Å². The molecule has 0 unspecified atom stereocenters. The summed E-state index contributed by atoms with van der Waals surface area (Å²) < 4.78 is 28.7. The minimum atomic E-state index is -2.16. The van der Waals surface area contributed by atoms with Crippen LogP contribution in [0.15, 0.2) is 53.2 Å². The number of fused-ring (bicyclic) bond motifs is 3. The predicted octanol–water partition coefficient (Wildman–Crippen LogP) is 4.90. The molecule has 0 aliphatic heterocycles. The molecule has 0 saturated heterocycles. The van der Waals surface area contributed by atoms with Gasteiger partial charge < -0.3 is 4.42 Å². The van der Waals surface area contributed by atoms with Gasteiger partial charge >= 0.3 is 0 Å². The number of aryl methyl sites for hydroxylation is 1. The lowest BCUT2D eigenvalue weighted by Crippen LogP contribution is -2.38. The zero-order valence-electron chi connectivity index (χ0n) is 16.9. The van der Waals surface area contributed by atoms with Crippen LogP contribution in [-0.4, -0.2) is 18.0 Å². The normalized spacial score (nSPS) is 14.5. The molecule has 0 aliphatic carbocycles. The third-order valence-corrected chi connectivity index (χ3v) is 6.26. The fourth-order valence-corrected chi connectivity index (χ4v) is 4.64. The van der Waals surface area contributed by atoms with Crippen molar-refractivity contribution in [1.82, 2.24) is 9.97 Å². The average Bonchev–Trinajstić information content (AvgIpc) is 2.99. The second-order valence-corrected chi connectivity index (χ2v) is 12.0. The van der Waals surface area contributed by atoms with E-state index in [4.69, 9.17) is 8.53 Å². The molecule has 3 nitrogen and oxygen atoms in total. The van der Waals surface area contributed by atoms with Gasteiger partial charge in [-0.25, -0.2) is 0 Å². The second-order valence-electron chi connectivity index (χ2n) is 7.00. The van der Waals surface area contributed by atoms with Gasteiger partial charge in [0.05, 0.1) is 13.8 Å². The Labute approximate surface area is 146 Å². The Balaban J connectivity index is 2.00. The van der Waals surface area contributed by atoms with Gasteiger partial charge in [-0.1, -0.05) is 31.8 Å². The van der Waals surface area contributed by atoms with E-state index < -0.39 is 14.9 Å². The van der Waals surface area contributed by atoms with Crippen molar-refractivity contribution < 1.29 is 8.53 Å². The van der Waals surface area contributed by atoms with E-state index in [0.717, 1.165) is 27.6 Å². The van der Waals surface area contributed by atoms with Gasteiger partial charge in [0.15, 0.2) is 5.58 Å². The van der Waals surface area contributed by atoms with Crippen LogP contribution >= 0.6 is 0 Å². The standard InChI is InChI=1S/C20H20N2OSi/c1-13-7-9-15(22-12-13)14-8-10-17(24(2,3)4)18-19-16(23-20(14)18)6-5-11-21-19/h5-12H,1-4H3/i1D3. The van der Waals surface area contributed by atoms with Gasteiger partial charge in [0, 0.05) is 27.5 Å². The van der Waals surface area contributed by atoms with Gasteiger partial charge in [-0.15, -0.1) is 0 Å². The monoisotopic (exact) mass is 335 g/mol. The van der Waals surface area contributed by atoms with Gasteiger partial charge in [-0.05, 0) is 41.9 Å². The van der Waals surface area contributed by atoms with Crippen LogP contribution in [0.4, 0.5) is 0 Å². The maximum Gasteiger partial charge on any atom is 0.153 e. The van der Waals surface area contributed by atoms with Crippen LogP contribution in [0.2, 0.25) is 19.6 Å². The number of furan rings is 1. The molecule has 0 radical (unpaired) electrons. The fourth-order valence-electron chi connectivity index (χ4n) is 3.07. The summed E-state index contributed by atoms with van der Waals surface area (Å²) in [5.41, 5.74) is 4.14. The predicted molar refractivity (Wildman–Crippen MR) is 102 cm³/mol. The first-order valence-corrected chi connectivity index (χ1v) is 11.4. The van der Waals surface area contributed by atoms with Crippen molar-refractivity contribution >= 4 is 35.3 Å². The Morgan fingerprint density at radius 1 is 1.04 bits per heavy atom. The molecule has 1 aromatic carbocycles. The summed E-state index contributed by atoms with van der Waals surface area (Å²) in [5, 5.41) is 2.33. The minimum absolute atomic E-state index is 0.229. The van der Waals surface area contributed by atoms with Crippen LogP contribution < -0.4 is 5.19 Å². The van der Waals surface area contributed by atoms with E-state index in [1.54, 1.807) is 18.3 Å². The molecule has 0 N–H and O–H groups in total. The third kappa shape index (κ3) is 2.34. The fraction of sp³-hybridized carbons (Fsp3) is 0.200. The molecule has 4 rings (SSSR count). The number of hydrogen-bond donors (Lipinski definition) is 0. The summed E-state index contributed by atoms with van der Waals surface area (Å²) in [7, 11) is -1.63. The number of hydrogen-bond acceptors (Lipinski definition) is 3. The lowest BCUT2D eigenvalue weighted by atomic mass is 10.1. The van der Waals surface area contributed by atoms with Crippen LogP contribution in [0, 0.1) is 6.85 Å². The van der Waals surface area contributed by atoms with E-state index in [2.05, 4.69) is 35.7 Å². The van der Waals surface area contributed by atoms with Crippen LogP contribution in [0.1, 0.15) is 9.68 Å². The van der Waals surface area contributed by atoms with Crippen LogP contribution in [0.3, 0.4) is 0 Å². The zero-order valence-corrected chi connectivity index (χ0v) is 14.9. The van der Waals surface area contributed by atoms with Gasteiger partial charge in [-0.2, -0.15) is 0 Å². The summed E-state index contributed by atoms with van der Waals surface area (Å²) in [5.74, 6) is 0. The largest absolute Gasteiger partial charge is 0.454 e. The molecular formula is C20H20N2OSi. The van der Waals surface area contributed by atoms with Crippen molar-refractivity contribution in [1.29, 1.82) is 0 Å². The molecule has 0 amide bonds.